The number of hydrogen-bond donors (Lipinski definition) is 3. The van der Waals surface area contributed by atoms with Gasteiger partial charge in [-0.05, 0) is 19.1 Å². The van der Waals surface area contributed by atoms with Crippen LogP contribution in [0.15, 0.2) is 35.8 Å². The van der Waals surface area contributed by atoms with Crippen molar-refractivity contribution in [3.8, 4) is 0 Å². The van der Waals surface area contributed by atoms with Gasteiger partial charge in [-0.15, -0.1) is 0 Å². The summed E-state index contributed by atoms with van der Waals surface area (Å²) in [5, 5.41) is 0. The maximum absolute atomic E-state index is 5.44. The molecule has 0 saturated carbocycles. The van der Waals surface area contributed by atoms with Gasteiger partial charge in [0.2, 0.25) is 0 Å². The molecule has 56 valence electrons. The molecule has 0 amide bonds. The van der Waals surface area contributed by atoms with E-state index in [1.54, 1.807) is 13.0 Å². The molecule has 6 N–H and O–H groups in total. The van der Waals surface area contributed by atoms with Crippen LogP contribution in [0.5, 0.6) is 0 Å². The standard InChI is InChI=1S/C7H13N3/c1-3-6(9)4-7(10)5(2)8/h3-4H,1,8-10H2,2H3/b6-4-,7-5+. The van der Waals surface area contributed by atoms with Crippen LogP contribution in [-0.4, -0.2) is 0 Å². The normalized spacial score (nSPS) is 14.3. The molecule has 0 spiro atoms. The quantitative estimate of drug-likeness (QED) is 0.477. The Morgan fingerprint density at radius 3 is 2.10 bits per heavy atom. The fourth-order valence-electron chi connectivity index (χ4n) is 0.352. The number of rotatable bonds is 2. The molecule has 0 aliphatic carbocycles. The second-order valence-electron chi connectivity index (χ2n) is 1.99. The van der Waals surface area contributed by atoms with Crippen molar-refractivity contribution in [3.63, 3.8) is 0 Å². The van der Waals surface area contributed by atoms with E-state index in [0.29, 0.717) is 17.1 Å². The van der Waals surface area contributed by atoms with Gasteiger partial charge in [0.15, 0.2) is 0 Å². The van der Waals surface area contributed by atoms with Gasteiger partial charge in [0.1, 0.15) is 0 Å². The van der Waals surface area contributed by atoms with Crippen molar-refractivity contribution < 1.29 is 0 Å². The Hall–Kier alpha value is -1.38. The van der Waals surface area contributed by atoms with Crippen LogP contribution in [0.2, 0.25) is 0 Å². The molecule has 0 fully saturated rings. The van der Waals surface area contributed by atoms with Crippen molar-refractivity contribution in [2.45, 2.75) is 6.92 Å². The highest BCUT2D eigenvalue weighted by atomic mass is 14.7. The fourth-order valence-corrected chi connectivity index (χ4v) is 0.352. The van der Waals surface area contributed by atoms with Crippen LogP contribution >= 0.6 is 0 Å². The molecule has 0 aromatic rings. The summed E-state index contributed by atoms with van der Waals surface area (Å²) in [6, 6.07) is 0. The topological polar surface area (TPSA) is 78.1 Å². The Bertz CT molecular complexity index is 185. The number of hydrogen-bond acceptors (Lipinski definition) is 3. The first-order chi connectivity index (χ1) is 4.57. The number of allylic oxidation sites excluding steroid dienone is 3. The Labute approximate surface area is 60.9 Å². The SMILES string of the molecule is C=C/C(N)=C/C(N)=C(/C)N. The number of nitrogens with two attached hydrogens (primary N) is 3. The largest absolute Gasteiger partial charge is 0.401 e. The van der Waals surface area contributed by atoms with Crippen molar-refractivity contribution in [1.82, 2.24) is 0 Å². The molecule has 0 aromatic heterocycles. The monoisotopic (exact) mass is 139 g/mol. The minimum absolute atomic E-state index is 0.484. The minimum atomic E-state index is 0.484. The molecule has 0 aliphatic heterocycles. The summed E-state index contributed by atoms with van der Waals surface area (Å²) in [5.74, 6) is 0. The molecule has 0 heterocycles. The molecule has 0 rings (SSSR count). The summed E-state index contributed by atoms with van der Waals surface area (Å²) in [6.45, 7) is 5.17. The van der Waals surface area contributed by atoms with Crippen molar-refractivity contribution in [3.05, 3.63) is 35.8 Å². The Kier molecular flexibility index (Phi) is 3.11. The summed E-state index contributed by atoms with van der Waals surface area (Å²) in [5.41, 5.74) is 17.7. The smallest absolute Gasteiger partial charge is 0.0522 e. The molecular weight excluding hydrogens is 126 g/mol. The van der Waals surface area contributed by atoms with Crippen LogP contribution in [0.3, 0.4) is 0 Å². The zero-order chi connectivity index (χ0) is 8.15. The van der Waals surface area contributed by atoms with Crippen LogP contribution in [0, 0.1) is 0 Å². The first-order valence-electron chi connectivity index (χ1n) is 2.89. The third kappa shape index (κ3) is 2.81. The van der Waals surface area contributed by atoms with Crippen molar-refractivity contribution in [2.75, 3.05) is 0 Å². The van der Waals surface area contributed by atoms with Gasteiger partial charge in [0, 0.05) is 11.4 Å². The molecule has 0 unspecified atom stereocenters. The first-order valence-corrected chi connectivity index (χ1v) is 2.89. The van der Waals surface area contributed by atoms with Crippen molar-refractivity contribution in [1.29, 1.82) is 0 Å². The Balaban J connectivity index is 4.42. The lowest BCUT2D eigenvalue weighted by molar-refractivity contribution is 1.20. The van der Waals surface area contributed by atoms with E-state index in [-0.39, 0.29) is 0 Å². The maximum atomic E-state index is 5.44. The van der Waals surface area contributed by atoms with E-state index in [1.165, 1.54) is 6.08 Å². The van der Waals surface area contributed by atoms with E-state index in [4.69, 9.17) is 17.2 Å². The first kappa shape index (κ1) is 8.62. The predicted octanol–water partition coefficient (Wildman–Crippen LogP) is 0.164. The van der Waals surface area contributed by atoms with E-state index in [0.717, 1.165) is 0 Å². The predicted molar refractivity (Wildman–Crippen MR) is 43.5 cm³/mol. The maximum Gasteiger partial charge on any atom is 0.0522 e. The molecule has 10 heavy (non-hydrogen) atoms. The van der Waals surface area contributed by atoms with Crippen molar-refractivity contribution >= 4 is 0 Å². The zero-order valence-electron chi connectivity index (χ0n) is 6.09. The van der Waals surface area contributed by atoms with Gasteiger partial charge in [0.25, 0.3) is 0 Å². The summed E-state index contributed by atoms with van der Waals surface area (Å²) < 4.78 is 0. The van der Waals surface area contributed by atoms with E-state index in [9.17, 15) is 0 Å². The minimum Gasteiger partial charge on any atom is -0.401 e. The van der Waals surface area contributed by atoms with Crippen LogP contribution in [-0.2, 0) is 0 Å². The molecule has 3 nitrogen and oxygen atoms in total. The highest BCUT2D eigenvalue weighted by Gasteiger charge is 1.87. The van der Waals surface area contributed by atoms with Gasteiger partial charge in [-0.3, -0.25) is 0 Å². The van der Waals surface area contributed by atoms with Gasteiger partial charge in [-0.2, -0.15) is 0 Å². The molecule has 3 heteroatoms. The summed E-state index contributed by atoms with van der Waals surface area (Å²) in [4.78, 5) is 0. The van der Waals surface area contributed by atoms with Crippen molar-refractivity contribution in [2.24, 2.45) is 17.2 Å². The lowest BCUT2D eigenvalue weighted by atomic mass is 10.3. The van der Waals surface area contributed by atoms with Gasteiger partial charge < -0.3 is 17.2 Å². The molecule has 0 radical (unpaired) electrons. The highest BCUT2D eigenvalue weighted by molar-refractivity contribution is 5.27. The third-order valence-electron chi connectivity index (χ3n) is 1.01. The van der Waals surface area contributed by atoms with E-state index >= 15 is 0 Å². The van der Waals surface area contributed by atoms with Crippen LogP contribution in [0.1, 0.15) is 6.92 Å². The average Bonchev–Trinajstić information content (AvgIpc) is 1.87. The van der Waals surface area contributed by atoms with Gasteiger partial charge >= 0.3 is 0 Å². The van der Waals surface area contributed by atoms with Gasteiger partial charge in [-0.25, -0.2) is 0 Å². The van der Waals surface area contributed by atoms with E-state index < -0.39 is 0 Å². The lowest BCUT2D eigenvalue weighted by Gasteiger charge is -1.96. The summed E-state index contributed by atoms with van der Waals surface area (Å²) in [7, 11) is 0. The molecule has 0 aliphatic rings. The molecule has 0 atom stereocenters. The zero-order valence-corrected chi connectivity index (χ0v) is 6.09. The van der Waals surface area contributed by atoms with Gasteiger partial charge in [-0.1, -0.05) is 6.58 Å². The van der Waals surface area contributed by atoms with Gasteiger partial charge in [0.05, 0.1) is 5.70 Å². The molecule has 0 aromatic carbocycles. The second kappa shape index (κ2) is 3.61. The second-order valence-corrected chi connectivity index (χ2v) is 1.99. The van der Waals surface area contributed by atoms with E-state index in [2.05, 4.69) is 6.58 Å². The van der Waals surface area contributed by atoms with Crippen LogP contribution in [0.4, 0.5) is 0 Å². The fraction of sp³-hybridized carbons (Fsp3) is 0.143. The average molecular weight is 139 g/mol. The van der Waals surface area contributed by atoms with E-state index in [1.807, 2.05) is 0 Å². The van der Waals surface area contributed by atoms with Crippen LogP contribution in [0.25, 0.3) is 0 Å². The molecule has 0 bridgehead atoms. The third-order valence-corrected chi connectivity index (χ3v) is 1.01. The summed E-state index contributed by atoms with van der Waals surface area (Å²) >= 11 is 0. The molecule has 0 saturated heterocycles. The lowest BCUT2D eigenvalue weighted by Crippen LogP contribution is -2.06. The highest BCUT2D eigenvalue weighted by Crippen LogP contribution is 1.94. The Morgan fingerprint density at radius 1 is 1.30 bits per heavy atom. The Morgan fingerprint density at radius 2 is 1.80 bits per heavy atom. The van der Waals surface area contributed by atoms with Crippen LogP contribution < -0.4 is 17.2 Å². The molecular formula is C7H13N3. The summed E-state index contributed by atoms with van der Waals surface area (Å²) in [6.07, 6.45) is 3.08.